The molecule has 5 heteroatoms. The van der Waals surface area contributed by atoms with Crippen LogP contribution in [0.25, 0.3) is 0 Å². The van der Waals surface area contributed by atoms with Crippen LogP contribution in [0.3, 0.4) is 0 Å². The molecule has 0 saturated heterocycles. The van der Waals surface area contributed by atoms with Crippen LogP contribution in [0.2, 0.25) is 0 Å². The average molecular weight is 353 g/mol. The Morgan fingerprint density at radius 1 is 1.25 bits per heavy atom. The van der Waals surface area contributed by atoms with Crippen LogP contribution in [0.1, 0.15) is 64.5 Å². The van der Waals surface area contributed by atoms with Gasteiger partial charge in [-0.05, 0) is 39.7 Å². The molecule has 1 fully saturated rings. The molecule has 1 amide bonds. The monoisotopic (exact) mass is 352 g/mol. The van der Waals surface area contributed by atoms with Crippen LogP contribution in [0.5, 0.6) is 5.75 Å². The Morgan fingerprint density at radius 3 is 2.67 bits per heavy atom. The molecule has 1 heterocycles. The van der Waals surface area contributed by atoms with Gasteiger partial charge in [0.2, 0.25) is 5.91 Å². The van der Waals surface area contributed by atoms with Crippen molar-refractivity contribution in [1.82, 2.24) is 5.32 Å². The number of amides is 1. The highest BCUT2D eigenvalue weighted by molar-refractivity contribution is 5.85. The number of fused-ring (bicyclic) bond motifs is 1. The number of hydrogen-bond acceptors (Lipinski definition) is 3. The first kappa shape index (κ1) is 19.1. The zero-order chi connectivity index (χ0) is 16.7. The molecule has 0 aromatic heterocycles. The smallest absolute Gasteiger partial charge is 0.225 e. The van der Waals surface area contributed by atoms with E-state index in [4.69, 9.17) is 10.5 Å². The lowest BCUT2D eigenvalue weighted by atomic mass is 9.74. The number of benzene rings is 1. The Morgan fingerprint density at radius 2 is 1.96 bits per heavy atom. The summed E-state index contributed by atoms with van der Waals surface area (Å²) in [6.07, 6.45) is 4.77. The lowest BCUT2D eigenvalue weighted by Gasteiger charge is -2.41. The second-order valence-electron chi connectivity index (χ2n) is 7.97. The summed E-state index contributed by atoms with van der Waals surface area (Å²) in [4.78, 5) is 12.9. The summed E-state index contributed by atoms with van der Waals surface area (Å²) in [5.41, 5.74) is 6.77. The Hall–Kier alpha value is -1.26. The molecule has 2 aliphatic rings. The molecule has 1 aliphatic heterocycles. The summed E-state index contributed by atoms with van der Waals surface area (Å²) in [5.74, 6) is 0.856. The lowest BCUT2D eigenvalue weighted by molar-refractivity contribution is -0.129. The minimum absolute atomic E-state index is 0. The molecule has 0 spiro atoms. The molecule has 3 atom stereocenters. The van der Waals surface area contributed by atoms with Crippen LogP contribution in [0.4, 0.5) is 0 Å². The van der Waals surface area contributed by atoms with Gasteiger partial charge in [-0.25, -0.2) is 0 Å². The Bertz CT molecular complexity index is 601. The third kappa shape index (κ3) is 3.86. The summed E-state index contributed by atoms with van der Waals surface area (Å²) in [6, 6.07) is 7.96. The van der Waals surface area contributed by atoms with Crippen molar-refractivity contribution in [3.63, 3.8) is 0 Å². The first-order valence-electron chi connectivity index (χ1n) is 8.66. The molecular weight excluding hydrogens is 324 g/mol. The molecule has 1 saturated carbocycles. The van der Waals surface area contributed by atoms with Gasteiger partial charge in [0.05, 0.1) is 12.0 Å². The van der Waals surface area contributed by atoms with Gasteiger partial charge >= 0.3 is 0 Å². The fourth-order valence-electron chi connectivity index (χ4n) is 3.99. The summed E-state index contributed by atoms with van der Waals surface area (Å²) in [7, 11) is 0. The highest BCUT2D eigenvalue weighted by Crippen LogP contribution is 2.40. The van der Waals surface area contributed by atoms with E-state index in [2.05, 4.69) is 19.2 Å². The van der Waals surface area contributed by atoms with E-state index in [1.807, 2.05) is 31.2 Å². The quantitative estimate of drug-likeness (QED) is 0.852. The number of nitrogens with one attached hydrogen (secondary N) is 1. The number of ether oxygens (including phenoxy) is 1. The molecular formula is C19H29ClN2O2. The number of carbonyl (C=O) groups is 1. The normalized spacial score (nSPS) is 31.2. The zero-order valence-electron chi connectivity index (χ0n) is 14.8. The second kappa shape index (κ2) is 6.93. The first-order chi connectivity index (χ1) is 10.8. The number of para-hydroxylation sites is 1. The van der Waals surface area contributed by atoms with Crippen molar-refractivity contribution >= 4 is 18.3 Å². The Labute approximate surface area is 150 Å². The third-order valence-electron chi connectivity index (χ3n) is 5.26. The largest absolute Gasteiger partial charge is 0.487 e. The van der Waals surface area contributed by atoms with E-state index in [0.717, 1.165) is 43.4 Å². The Balaban J connectivity index is 0.00000208. The molecule has 134 valence electrons. The number of hydrogen-bond donors (Lipinski definition) is 2. The molecule has 0 radical (unpaired) electrons. The zero-order valence-corrected chi connectivity index (χ0v) is 15.6. The first-order valence-corrected chi connectivity index (χ1v) is 8.66. The van der Waals surface area contributed by atoms with Gasteiger partial charge in [0, 0.05) is 17.5 Å². The number of nitrogens with two attached hydrogens (primary N) is 1. The molecule has 3 rings (SSSR count). The maximum atomic E-state index is 12.9. The Kier molecular flexibility index (Phi) is 5.50. The van der Waals surface area contributed by atoms with Crippen LogP contribution in [-0.4, -0.2) is 17.0 Å². The van der Waals surface area contributed by atoms with Crippen LogP contribution in [0.15, 0.2) is 24.3 Å². The van der Waals surface area contributed by atoms with E-state index < -0.39 is 5.54 Å². The van der Waals surface area contributed by atoms with Crippen molar-refractivity contribution in [2.45, 2.75) is 70.1 Å². The molecule has 1 aliphatic carbocycles. The average Bonchev–Trinajstić information content (AvgIpc) is 2.45. The molecule has 24 heavy (non-hydrogen) atoms. The van der Waals surface area contributed by atoms with E-state index >= 15 is 0 Å². The fourth-order valence-corrected chi connectivity index (χ4v) is 3.99. The van der Waals surface area contributed by atoms with Gasteiger partial charge < -0.3 is 15.8 Å². The predicted molar refractivity (Wildman–Crippen MR) is 98.4 cm³/mol. The van der Waals surface area contributed by atoms with Gasteiger partial charge in [-0.2, -0.15) is 0 Å². The molecule has 3 N–H and O–H groups in total. The van der Waals surface area contributed by atoms with Crippen LogP contribution in [-0.2, 0) is 4.79 Å². The molecule has 3 unspecified atom stereocenters. The topological polar surface area (TPSA) is 64.4 Å². The second-order valence-corrected chi connectivity index (χ2v) is 7.97. The van der Waals surface area contributed by atoms with Crippen LogP contribution < -0.4 is 15.8 Å². The number of rotatable bonds is 2. The van der Waals surface area contributed by atoms with Crippen LogP contribution >= 0.6 is 12.4 Å². The van der Waals surface area contributed by atoms with Crippen molar-refractivity contribution in [2.75, 3.05) is 0 Å². The van der Waals surface area contributed by atoms with Gasteiger partial charge in [0.15, 0.2) is 0 Å². The molecule has 0 bridgehead atoms. The highest BCUT2D eigenvalue weighted by Gasteiger charge is 2.40. The van der Waals surface area contributed by atoms with E-state index in [0.29, 0.717) is 0 Å². The van der Waals surface area contributed by atoms with Gasteiger partial charge in [-0.1, -0.05) is 31.0 Å². The third-order valence-corrected chi connectivity index (χ3v) is 5.26. The summed E-state index contributed by atoms with van der Waals surface area (Å²) in [5, 5.41) is 3.26. The maximum Gasteiger partial charge on any atom is 0.225 e. The number of halogens is 1. The minimum Gasteiger partial charge on any atom is -0.487 e. The summed E-state index contributed by atoms with van der Waals surface area (Å²) in [6.45, 7) is 6.14. The van der Waals surface area contributed by atoms with E-state index in [9.17, 15) is 4.79 Å². The van der Waals surface area contributed by atoms with Gasteiger partial charge in [0.1, 0.15) is 11.4 Å². The SMILES string of the molecule is CC1(C)CC(NC(=O)C2CCCCC2(C)N)c2ccccc2O1.Cl. The van der Waals surface area contributed by atoms with Crippen molar-refractivity contribution in [2.24, 2.45) is 11.7 Å². The maximum absolute atomic E-state index is 12.9. The van der Waals surface area contributed by atoms with Gasteiger partial charge in [0.25, 0.3) is 0 Å². The standard InChI is InChI=1S/C19H28N2O2.ClH/c1-18(2)12-15(13-8-4-5-10-16(13)23-18)21-17(22)14-9-6-7-11-19(14,3)20;/h4-5,8,10,14-15H,6-7,9,11-12,20H2,1-3H3,(H,21,22);1H. The number of carbonyl (C=O) groups excluding carboxylic acids is 1. The van der Waals surface area contributed by atoms with E-state index in [1.165, 1.54) is 0 Å². The minimum atomic E-state index is -0.400. The summed E-state index contributed by atoms with van der Waals surface area (Å²) < 4.78 is 6.04. The van der Waals surface area contributed by atoms with Gasteiger partial charge in [-0.3, -0.25) is 4.79 Å². The van der Waals surface area contributed by atoms with Crippen molar-refractivity contribution < 1.29 is 9.53 Å². The molecule has 1 aromatic carbocycles. The van der Waals surface area contributed by atoms with Crippen molar-refractivity contribution in [3.05, 3.63) is 29.8 Å². The lowest BCUT2D eigenvalue weighted by Crippen LogP contribution is -2.54. The van der Waals surface area contributed by atoms with Crippen LogP contribution in [0, 0.1) is 5.92 Å². The van der Waals surface area contributed by atoms with Crippen molar-refractivity contribution in [1.29, 1.82) is 0 Å². The summed E-state index contributed by atoms with van der Waals surface area (Å²) >= 11 is 0. The van der Waals surface area contributed by atoms with Gasteiger partial charge in [-0.15, -0.1) is 12.4 Å². The fraction of sp³-hybridized carbons (Fsp3) is 0.632. The highest BCUT2D eigenvalue weighted by atomic mass is 35.5. The molecule has 1 aromatic rings. The van der Waals surface area contributed by atoms with E-state index in [-0.39, 0.29) is 35.9 Å². The van der Waals surface area contributed by atoms with E-state index in [1.54, 1.807) is 0 Å². The molecule has 4 nitrogen and oxygen atoms in total. The van der Waals surface area contributed by atoms with Crippen molar-refractivity contribution in [3.8, 4) is 5.75 Å². The predicted octanol–water partition coefficient (Wildman–Crippen LogP) is 3.73.